The highest BCUT2D eigenvalue weighted by Crippen LogP contribution is 2.34. The lowest BCUT2D eigenvalue weighted by Gasteiger charge is -2.14. The van der Waals surface area contributed by atoms with Gasteiger partial charge in [-0.05, 0) is 61.4 Å². The van der Waals surface area contributed by atoms with Crippen LogP contribution in [0.15, 0.2) is 65.7 Å². The first-order chi connectivity index (χ1) is 18.3. The minimum Gasteiger partial charge on any atom is -0.504 e. The normalized spacial score (nSPS) is 14.2. The fourth-order valence-electron chi connectivity index (χ4n) is 4.50. The summed E-state index contributed by atoms with van der Waals surface area (Å²) in [7, 11) is 1.61. The molecule has 0 radical (unpaired) electrons. The molecule has 0 aliphatic carbocycles. The van der Waals surface area contributed by atoms with E-state index in [1.54, 1.807) is 25.3 Å². The second-order valence-corrected chi connectivity index (χ2v) is 9.39. The number of aryl methyl sites for hydroxylation is 1. The van der Waals surface area contributed by atoms with E-state index >= 15 is 0 Å². The number of fused-ring (bicyclic) bond motifs is 3. The van der Waals surface area contributed by atoms with Crippen molar-refractivity contribution in [3.05, 3.63) is 94.0 Å². The molecule has 0 unspecified atom stereocenters. The van der Waals surface area contributed by atoms with Crippen LogP contribution in [-0.4, -0.2) is 50.3 Å². The molecule has 0 saturated carbocycles. The van der Waals surface area contributed by atoms with Crippen LogP contribution in [0.25, 0.3) is 5.69 Å². The molecule has 0 spiro atoms. The van der Waals surface area contributed by atoms with Gasteiger partial charge in [-0.1, -0.05) is 29.8 Å². The van der Waals surface area contributed by atoms with Crippen molar-refractivity contribution in [2.45, 2.75) is 25.8 Å². The predicted molar refractivity (Wildman–Crippen MR) is 144 cm³/mol. The Morgan fingerprint density at radius 3 is 2.58 bits per heavy atom. The quantitative estimate of drug-likeness (QED) is 0.306. The van der Waals surface area contributed by atoms with E-state index in [0.717, 1.165) is 22.4 Å². The van der Waals surface area contributed by atoms with Crippen LogP contribution in [0.1, 0.15) is 40.8 Å². The molecule has 1 amide bonds. The minimum atomic E-state index is -0.599. The van der Waals surface area contributed by atoms with Gasteiger partial charge in [0, 0.05) is 22.7 Å². The van der Waals surface area contributed by atoms with Gasteiger partial charge in [0.2, 0.25) is 5.91 Å². The van der Waals surface area contributed by atoms with Gasteiger partial charge in [0.15, 0.2) is 17.3 Å². The third-order valence-electron chi connectivity index (χ3n) is 6.40. The summed E-state index contributed by atoms with van der Waals surface area (Å²) in [5.74, 6) is 1.34. The van der Waals surface area contributed by atoms with Crippen LogP contribution < -0.4 is 10.1 Å². The number of aliphatic imine (C=N–C) groups is 1. The number of hydrogen-bond acceptors (Lipinski definition) is 7. The Bertz CT molecular complexity index is 1530. The SMILES string of the molecule is COc1ccc2c(c1)C(c1ccc(Cl)cc1)=N[C@@H](CC(=O)NCCc1ccc(O)c(O)c1)c1nnc(C)n1-2. The van der Waals surface area contributed by atoms with Gasteiger partial charge < -0.3 is 20.3 Å². The van der Waals surface area contributed by atoms with E-state index in [1.165, 1.54) is 12.1 Å². The van der Waals surface area contributed by atoms with E-state index in [9.17, 15) is 15.0 Å². The molecule has 38 heavy (non-hydrogen) atoms. The summed E-state index contributed by atoms with van der Waals surface area (Å²) >= 11 is 6.15. The maximum atomic E-state index is 13.0. The van der Waals surface area contributed by atoms with Gasteiger partial charge >= 0.3 is 0 Å². The van der Waals surface area contributed by atoms with E-state index in [1.807, 2.05) is 41.8 Å². The molecule has 0 bridgehead atoms. The van der Waals surface area contributed by atoms with Crippen LogP contribution in [-0.2, 0) is 11.2 Å². The highest BCUT2D eigenvalue weighted by Gasteiger charge is 2.30. The van der Waals surface area contributed by atoms with Gasteiger partial charge in [-0.25, -0.2) is 0 Å². The van der Waals surface area contributed by atoms with Gasteiger partial charge in [-0.2, -0.15) is 0 Å². The van der Waals surface area contributed by atoms with E-state index in [-0.39, 0.29) is 23.8 Å². The van der Waals surface area contributed by atoms with Crippen LogP contribution in [0.2, 0.25) is 5.02 Å². The van der Waals surface area contributed by atoms with Crippen LogP contribution in [0.4, 0.5) is 0 Å². The third-order valence-corrected chi connectivity index (χ3v) is 6.66. The molecular weight excluding hydrogens is 506 g/mol. The standard InChI is InChI=1S/C28H26ClN5O4/c1-16-32-33-28-22(15-26(37)30-12-11-17-3-10-24(35)25(36)13-17)31-27(18-4-6-19(29)7-5-18)21-14-20(38-2)8-9-23(21)34(16)28/h3-10,13-14,22,35-36H,11-12,15H2,1-2H3,(H,30,37)/t22-/m0/s1. The average molecular weight is 532 g/mol. The number of phenols is 2. The molecule has 4 aromatic rings. The number of aromatic hydroxyl groups is 2. The molecule has 0 saturated heterocycles. The Kier molecular flexibility index (Phi) is 7.02. The van der Waals surface area contributed by atoms with Crippen LogP contribution in [0.5, 0.6) is 17.2 Å². The summed E-state index contributed by atoms with van der Waals surface area (Å²) in [5, 5.41) is 31.4. The second kappa shape index (κ2) is 10.5. The molecule has 9 nitrogen and oxygen atoms in total. The molecule has 1 aliphatic rings. The van der Waals surface area contributed by atoms with Crippen molar-refractivity contribution in [2.75, 3.05) is 13.7 Å². The van der Waals surface area contributed by atoms with Crippen molar-refractivity contribution in [3.63, 3.8) is 0 Å². The molecule has 1 atom stereocenters. The fourth-order valence-corrected chi connectivity index (χ4v) is 4.62. The number of benzene rings is 3. The molecule has 0 fully saturated rings. The molecule has 1 aliphatic heterocycles. The zero-order valence-electron chi connectivity index (χ0n) is 20.8. The number of carbonyl (C=O) groups is 1. The number of methoxy groups -OCH3 is 1. The maximum Gasteiger partial charge on any atom is 0.222 e. The average Bonchev–Trinajstić information content (AvgIpc) is 3.23. The predicted octanol–water partition coefficient (Wildman–Crippen LogP) is 4.29. The number of hydrogen-bond donors (Lipinski definition) is 3. The molecular formula is C28H26ClN5O4. The van der Waals surface area contributed by atoms with Crippen molar-refractivity contribution in [3.8, 4) is 22.9 Å². The molecule has 3 aromatic carbocycles. The number of amides is 1. The van der Waals surface area contributed by atoms with Crippen molar-refractivity contribution in [1.29, 1.82) is 0 Å². The molecule has 10 heteroatoms. The zero-order chi connectivity index (χ0) is 26.8. The lowest BCUT2D eigenvalue weighted by molar-refractivity contribution is -0.121. The molecule has 1 aromatic heterocycles. The first kappa shape index (κ1) is 25.3. The highest BCUT2D eigenvalue weighted by atomic mass is 35.5. The van der Waals surface area contributed by atoms with Crippen molar-refractivity contribution >= 4 is 23.2 Å². The van der Waals surface area contributed by atoms with Crippen LogP contribution >= 0.6 is 11.6 Å². The third kappa shape index (κ3) is 5.05. The number of carbonyl (C=O) groups excluding carboxylic acids is 1. The number of ether oxygens (including phenoxy) is 1. The first-order valence-electron chi connectivity index (χ1n) is 12.1. The van der Waals surface area contributed by atoms with E-state index in [2.05, 4.69) is 15.5 Å². The largest absolute Gasteiger partial charge is 0.504 e. The van der Waals surface area contributed by atoms with Gasteiger partial charge in [-0.15, -0.1) is 10.2 Å². The molecule has 194 valence electrons. The smallest absolute Gasteiger partial charge is 0.222 e. The number of phenolic OH excluding ortho intramolecular Hbond substituents is 2. The summed E-state index contributed by atoms with van der Waals surface area (Å²) < 4.78 is 7.43. The van der Waals surface area contributed by atoms with Crippen LogP contribution in [0, 0.1) is 6.92 Å². The summed E-state index contributed by atoms with van der Waals surface area (Å²) in [6, 6.07) is 17.1. The van der Waals surface area contributed by atoms with Crippen molar-refractivity contribution < 1.29 is 19.7 Å². The molecule has 5 rings (SSSR count). The summed E-state index contributed by atoms with van der Waals surface area (Å²) in [6.45, 7) is 2.22. The van der Waals surface area contributed by atoms with Gasteiger partial charge in [-0.3, -0.25) is 14.4 Å². The molecule has 2 heterocycles. The number of halogens is 1. The second-order valence-electron chi connectivity index (χ2n) is 8.95. The van der Waals surface area contributed by atoms with E-state index < -0.39 is 6.04 Å². The Hall–Kier alpha value is -4.37. The Labute approximate surface area is 224 Å². The number of nitrogens with zero attached hydrogens (tertiary/aromatic N) is 4. The lowest BCUT2D eigenvalue weighted by Crippen LogP contribution is -2.27. The van der Waals surface area contributed by atoms with Gasteiger partial charge in [0.25, 0.3) is 0 Å². The topological polar surface area (TPSA) is 122 Å². The fraction of sp³-hybridized carbons (Fsp3) is 0.214. The van der Waals surface area contributed by atoms with Gasteiger partial charge in [0.1, 0.15) is 17.6 Å². The molecule has 3 N–H and O–H groups in total. The zero-order valence-corrected chi connectivity index (χ0v) is 21.6. The number of nitrogens with one attached hydrogen (secondary N) is 1. The summed E-state index contributed by atoms with van der Waals surface area (Å²) in [6.07, 6.45) is 0.547. The summed E-state index contributed by atoms with van der Waals surface area (Å²) in [4.78, 5) is 18.1. The maximum absolute atomic E-state index is 13.0. The van der Waals surface area contributed by atoms with Crippen molar-refractivity contribution in [1.82, 2.24) is 20.1 Å². The number of aromatic nitrogens is 3. The van der Waals surface area contributed by atoms with E-state index in [0.29, 0.717) is 41.1 Å². The van der Waals surface area contributed by atoms with Crippen molar-refractivity contribution in [2.24, 2.45) is 4.99 Å². The lowest BCUT2D eigenvalue weighted by atomic mass is 10.00. The minimum absolute atomic E-state index is 0.0567. The first-order valence-corrected chi connectivity index (χ1v) is 12.4. The Morgan fingerprint density at radius 1 is 1.05 bits per heavy atom. The van der Waals surface area contributed by atoms with Gasteiger partial charge in [0.05, 0.1) is 24.9 Å². The Morgan fingerprint density at radius 2 is 1.84 bits per heavy atom. The highest BCUT2D eigenvalue weighted by molar-refractivity contribution is 6.30. The van der Waals surface area contributed by atoms with Crippen LogP contribution in [0.3, 0.4) is 0 Å². The number of rotatable bonds is 7. The van der Waals surface area contributed by atoms with E-state index in [4.69, 9.17) is 21.3 Å². The summed E-state index contributed by atoms with van der Waals surface area (Å²) in [5.41, 5.74) is 3.99. The Balaban J connectivity index is 1.47. The monoisotopic (exact) mass is 531 g/mol.